The Balaban J connectivity index is 1.81. The summed E-state index contributed by atoms with van der Waals surface area (Å²) < 4.78 is 4.90. The number of amides is 1. The number of benzene rings is 2. The second-order valence-corrected chi connectivity index (χ2v) is 5.77. The van der Waals surface area contributed by atoms with E-state index in [-0.39, 0.29) is 6.61 Å². The molecule has 1 N–H and O–H groups in total. The lowest BCUT2D eigenvalue weighted by Gasteiger charge is -2.07. The molecule has 24 heavy (non-hydrogen) atoms. The Kier molecular flexibility index (Phi) is 6.15. The summed E-state index contributed by atoms with van der Waals surface area (Å²) in [5, 5.41) is 3.18. The van der Waals surface area contributed by atoms with Gasteiger partial charge in [-0.25, -0.2) is 4.79 Å². The molecule has 0 radical (unpaired) electrons. The molecule has 0 saturated carbocycles. The summed E-state index contributed by atoms with van der Waals surface area (Å²) in [5.41, 5.74) is 3.50. The maximum Gasteiger partial charge on any atom is 0.331 e. The number of carbonyl (C=O) groups excluding carboxylic acids is 2. The second kappa shape index (κ2) is 8.31. The van der Waals surface area contributed by atoms with Crippen molar-refractivity contribution in [2.75, 3.05) is 11.9 Å². The van der Waals surface area contributed by atoms with Crippen LogP contribution in [0.5, 0.6) is 0 Å². The molecule has 0 unspecified atom stereocenters. The summed E-state index contributed by atoms with van der Waals surface area (Å²) in [5.74, 6) is -1.00. The Labute approximate surface area is 146 Å². The van der Waals surface area contributed by atoms with Crippen LogP contribution in [0, 0.1) is 13.8 Å². The molecule has 0 aliphatic carbocycles. The van der Waals surface area contributed by atoms with Crippen molar-refractivity contribution in [3.8, 4) is 0 Å². The summed E-state index contributed by atoms with van der Waals surface area (Å²) >= 11 is 5.99. The lowest BCUT2D eigenvalue weighted by Crippen LogP contribution is -2.20. The van der Waals surface area contributed by atoms with Crippen LogP contribution in [0.4, 0.5) is 5.69 Å². The van der Waals surface area contributed by atoms with Crippen molar-refractivity contribution in [2.45, 2.75) is 13.8 Å². The molecule has 5 heteroatoms. The highest BCUT2D eigenvalue weighted by Gasteiger charge is 2.06. The normalized spacial score (nSPS) is 10.6. The first-order chi connectivity index (χ1) is 11.4. The van der Waals surface area contributed by atoms with E-state index in [1.807, 2.05) is 38.1 Å². The van der Waals surface area contributed by atoms with Gasteiger partial charge in [-0.05, 0) is 43.2 Å². The zero-order valence-corrected chi connectivity index (χ0v) is 14.3. The van der Waals surface area contributed by atoms with Crippen LogP contribution in [-0.4, -0.2) is 18.5 Å². The number of ether oxygens (including phenoxy) is 1. The quantitative estimate of drug-likeness (QED) is 0.655. The van der Waals surface area contributed by atoms with Crippen LogP contribution in [-0.2, 0) is 14.3 Å². The van der Waals surface area contributed by atoms with Gasteiger partial charge in [-0.15, -0.1) is 0 Å². The smallest absolute Gasteiger partial charge is 0.331 e. The van der Waals surface area contributed by atoms with Gasteiger partial charge in [0.05, 0.1) is 0 Å². The predicted molar refractivity (Wildman–Crippen MR) is 96.0 cm³/mol. The first kappa shape index (κ1) is 17.8. The van der Waals surface area contributed by atoms with Crippen molar-refractivity contribution in [2.24, 2.45) is 0 Å². The minimum atomic E-state index is -0.576. The van der Waals surface area contributed by atoms with E-state index in [4.69, 9.17) is 16.3 Å². The lowest BCUT2D eigenvalue weighted by atomic mass is 10.1. The highest BCUT2D eigenvalue weighted by molar-refractivity contribution is 6.31. The summed E-state index contributed by atoms with van der Waals surface area (Å²) in [7, 11) is 0. The standard InChI is InChI=1S/C19H18ClNO3/c1-13-3-6-15(7-4-13)8-10-19(23)24-12-18(22)21-16-9-5-14(2)17(20)11-16/h3-11H,12H2,1-2H3,(H,21,22)/b10-8+. The van der Waals surface area contributed by atoms with E-state index >= 15 is 0 Å². The van der Waals surface area contributed by atoms with E-state index in [1.165, 1.54) is 6.08 Å². The fourth-order valence-corrected chi connectivity index (χ4v) is 2.07. The van der Waals surface area contributed by atoms with Gasteiger partial charge in [-0.2, -0.15) is 0 Å². The highest BCUT2D eigenvalue weighted by Crippen LogP contribution is 2.19. The van der Waals surface area contributed by atoms with E-state index in [1.54, 1.807) is 24.3 Å². The molecule has 0 heterocycles. The van der Waals surface area contributed by atoms with Gasteiger partial charge in [0.15, 0.2) is 6.61 Å². The lowest BCUT2D eigenvalue weighted by molar-refractivity contribution is -0.142. The van der Waals surface area contributed by atoms with Crippen LogP contribution in [0.1, 0.15) is 16.7 Å². The maximum atomic E-state index is 11.8. The van der Waals surface area contributed by atoms with Crippen LogP contribution in [0.2, 0.25) is 5.02 Å². The van der Waals surface area contributed by atoms with Gasteiger partial charge in [0.1, 0.15) is 0 Å². The molecule has 0 bridgehead atoms. The minimum absolute atomic E-state index is 0.359. The topological polar surface area (TPSA) is 55.4 Å². The van der Waals surface area contributed by atoms with Crippen molar-refractivity contribution in [3.05, 3.63) is 70.3 Å². The monoisotopic (exact) mass is 343 g/mol. The second-order valence-electron chi connectivity index (χ2n) is 5.36. The summed E-state index contributed by atoms with van der Waals surface area (Å²) in [6, 6.07) is 12.9. The van der Waals surface area contributed by atoms with Gasteiger partial charge in [0.25, 0.3) is 5.91 Å². The molecular weight excluding hydrogens is 326 g/mol. The molecular formula is C19H18ClNO3. The minimum Gasteiger partial charge on any atom is -0.452 e. The first-order valence-electron chi connectivity index (χ1n) is 7.41. The fourth-order valence-electron chi connectivity index (χ4n) is 1.89. The molecule has 2 aromatic rings. The van der Waals surface area contributed by atoms with Crippen LogP contribution < -0.4 is 5.32 Å². The van der Waals surface area contributed by atoms with Crippen LogP contribution >= 0.6 is 11.6 Å². The molecule has 0 saturated heterocycles. The third kappa shape index (κ3) is 5.56. The number of anilines is 1. The Morgan fingerprint density at radius 2 is 1.83 bits per heavy atom. The van der Waals surface area contributed by atoms with Gasteiger partial charge in [-0.1, -0.05) is 47.5 Å². The van der Waals surface area contributed by atoms with Gasteiger partial charge in [0, 0.05) is 16.8 Å². The van der Waals surface area contributed by atoms with E-state index in [0.29, 0.717) is 10.7 Å². The van der Waals surface area contributed by atoms with Crippen LogP contribution in [0.15, 0.2) is 48.5 Å². The van der Waals surface area contributed by atoms with Crippen LogP contribution in [0.25, 0.3) is 6.08 Å². The summed E-state index contributed by atoms with van der Waals surface area (Å²) in [4.78, 5) is 23.4. The number of hydrogen-bond acceptors (Lipinski definition) is 3. The summed E-state index contributed by atoms with van der Waals surface area (Å²) in [6.45, 7) is 3.50. The number of rotatable bonds is 5. The molecule has 0 spiro atoms. The molecule has 2 rings (SSSR count). The van der Waals surface area contributed by atoms with E-state index in [9.17, 15) is 9.59 Å². The zero-order chi connectivity index (χ0) is 17.5. The van der Waals surface area contributed by atoms with Gasteiger partial charge >= 0.3 is 5.97 Å². The number of esters is 1. The van der Waals surface area contributed by atoms with Gasteiger partial charge in [0.2, 0.25) is 0 Å². The first-order valence-corrected chi connectivity index (χ1v) is 7.79. The average molecular weight is 344 g/mol. The summed E-state index contributed by atoms with van der Waals surface area (Å²) in [6.07, 6.45) is 2.93. The highest BCUT2D eigenvalue weighted by atomic mass is 35.5. The average Bonchev–Trinajstić information content (AvgIpc) is 2.56. The van der Waals surface area contributed by atoms with Crippen molar-refractivity contribution < 1.29 is 14.3 Å². The molecule has 0 atom stereocenters. The molecule has 0 aromatic heterocycles. The van der Waals surface area contributed by atoms with Crippen molar-refractivity contribution in [1.29, 1.82) is 0 Å². The Hall–Kier alpha value is -2.59. The number of halogens is 1. The van der Waals surface area contributed by atoms with E-state index < -0.39 is 11.9 Å². The molecule has 0 aliphatic heterocycles. The van der Waals surface area contributed by atoms with Gasteiger partial charge < -0.3 is 10.1 Å². The van der Waals surface area contributed by atoms with Crippen molar-refractivity contribution >= 4 is 35.2 Å². The van der Waals surface area contributed by atoms with Crippen LogP contribution in [0.3, 0.4) is 0 Å². The third-order valence-corrected chi connectivity index (χ3v) is 3.70. The number of hydrogen-bond donors (Lipinski definition) is 1. The Morgan fingerprint density at radius 1 is 1.12 bits per heavy atom. The maximum absolute atomic E-state index is 11.8. The van der Waals surface area contributed by atoms with E-state index in [2.05, 4.69) is 5.32 Å². The van der Waals surface area contributed by atoms with Crippen molar-refractivity contribution in [3.63, 3.8) is 0 Å². The number of nitrogens with one attached hydrogen (secondary N) is 1. The molecule has 0 fully saturated rings. The predicted octanol–water partition coefficient (Wildman–Crippen LogP) is 4.15. The zero-order valence-electron chi connectivity index (χ0n) is 13.5. The Bertz CT molecular complexity index is 767. The molecule has 1 amide bonds. The van der Waals surface area contributed by atoms with Gasteiger partial charge in [-0.3, -0.25) is 4.79 Å². The molecule has 2 aromatic carbocycles. The molecule has 4 nitrogen and oxygen atoms in total. The third-order valence-electron chi connectivity index (χ3n) is 3.29. The fraction of sp³-hybridized carbons (Fsp3) is 0.158. The SMILES string of the molecule is Cc1ccc(/C=C/C(=O)OCC(=O)Nc2ccc(C)c(Cl)c2)cc1. The molecule has 0 aliphatic rings. The number of aryl methyl sites for hydroxylation is 2. The molecule has 124 valence electrons. The van der Waals surface area contributed by atoms with Crippen molar-refractivity contribution in [1.82, 2.24) is 0 Å². The largest absolute Gasteiger partial charge is 0.452 e. The number of carbonyl (C=O) groups is 2. The Morgan fingerprint density at radius 3 is 2.50 bits per heavy atom. The van der Waals surface area contributed by atoms with E-state index in [0.717, 1.165) is 16.7 Å².